The molecular weight excluding hydrogens is 216 g/mol. The molecule has 2 aliphatic rings. The maximum Gasteiger partial charge on any atom is 0.229 e. The number of imide groups is 1. The zero-order chi connectivity index (χ0) is 12.4. The van der Waals surface area contributed by atoms with Crippen LogP contribution in [0.5, 0.6) is 0 Å². The van der Waals surface area contributed by atoms with Gasteiger partial charge in [0.1, 0.15) is 0 Å². The summed E-state index contributed by atoms with van der Waals surface area (Å²) in [5, 5.41) is 0. The average Bonchev–Trinajstić information content (AvgIpc) is 2.68. The molecule has 1 aliphatic carbocycles. The topological polar surface area (TPSA) is 63.4 Å². The van der Waals surface area contributed by atoms with Gasteiger partial charge in [-0.15, -0.1) is 0 Å². The molecule has 0 aromatic carbocycles. The van der Waals surface area contributed by atoms with E-state index in [9.17, 15) is 9.59 Å². The lowest BCUT2D eigenvalue weighted by Crippen LogP contribution is -2.49. The first-order valence-electron chi connectivity index (χ1n) is 6.72. The van der Waals surface area contributed by atoms with Crippen molar-refractivity contribution in [2.24, 2.45) is 17.6 Å². The van der Waals surface area contributed by atoms with E-state index in [2.05, 4.69) is 6.92 Å². The Balaban J connectivity index is 2.14. The van der Waals surface area contributed by atoms with E-state index in [1.165, 1.54) is 11.3 Å². The fourth-order valence-corrected chi connectivity index (χ4v) is 3.22. The van der Waals surface area contributed by atoms with Gasteiger partial charge in [0.2, 0.25) is 11.8 Å². The van der Waals surface area contributed by atoms with E-state index in [4.69, 9.17) is 5.73 Å². The van der Waals surface area contributed by atoms with Crippen molar-refractivity contribution in [2.75, 3.05) is 6.54 Å². The molecule has 4 heteroatoms. The van der Waals surface area contributed by atoms with Crippen LogP contribution in [0.3, 0.4) is 0 Å². The minimum Gasteiger partial charge on any atom is -0.330 e. The molecule has 96 valence electrons. The smallest absolute Gasteiger partial charge is 0.229 e. The Morgan fingerprint density at radius 1 is 1.24 bits per heavy atom. The second kappa shape index (κ2) is 5.17. The van der Waals surface area contributed by atoms with E-state index in [0.29, 0.717) is 31.2 Å². The Morgan fingerprint density at radius 3 is 2.41 bits per heavy atom. The Bertz CT molecular complexity index is 301. The van der Waals surface area contributed by atoms with Gasteiger partial charge < -0.3 is 5.73 Å². The first-order valence-corrected chi connectivity index (χ1v) is 6.72. The first kappa shape index (κ1) is 12.6. The fourth-order valence-electron chi connectivity index (χ4n) is 3.22. The number of amides is 2. The highest BCUT2D eigenvalue weighted by Crippen LogP contribution is 2.35. The van der Waals surface area contributed by atoms with E-state index in [1.807, 2.05) is 0 Å². The summed E-state index contributed by atoms with van der Waals surface area (Å²) in [5.74, 6) is 0.971. The van der Waals surface area contributed by atoms with Crippen molar-refractivity contribution in [1.29, 1.82) is 0 Å². The largest absolute Gasteiger partial charge is 0.330 e. The number of hydrogen-bond acceptors (Lipinski definition) is 3. The molecular formula is C13H22N2O2. The van der Waals surface area contributed by atoms with Gasteiger partial charge in [-0.25, -0.2) is 0 Å². The Labute approximate surface area is 103 Å². The van der Waals surface area contributed by atoms with Gasteiger partial charge in [-0.05, 0) is 37.6 Å². The highest BCUT2D eigenvalue weighted by Gasteiger charge is 2.41. The number of carbonyl (C=O) groups is 2. The quantitative estimate of drug-likeness (QED) is 0.753. The molecule has 2 amide bonds. The molecule has 0 aromatic heterocycles. The lowest BCUT2D eigenvalue weighted by Gasteiger charge is -2.39. The highest BCUT2D eigenvalue weighted by molar-refractivity contribution is 6.02. The molecule has 0 radical (unpaired) electrons. The number of rotatable bonds is 3. The molecule has 1 saturated carbocycles. The molecule has 1 saturated heterocycles. The maximum atomic E-state index is 11.8. The van der Waals surface area contributed by atoms with E-state index < -0.39 is 0 Å². The third-order valence-corrected chi connectivity index (χ3v) is 4.37. The van der Waals surface area contributed by atoms with Gasteiger partial charge in [0.25, 0.3) is 0 Å². The van der Waals surface area contributed by atoms with Gasteiger partial charge in [0.15, 0.2) is 0 Å². The number of carbonyl (C=O) groups excluding carboxylic acids is 2. The number of nitrogens with two attached hydrogens (primary N) is 1. The molecule has 2 fully saturated rings. The molecule has 2 N–H and O–H groups in total. The summed E-state index contributed by atoms with van der Waals surface area (Å²) in [6, 6.07) is 0.0706. The van der Waals surface area contributed by atoms with E-state index in [-0.39, 0.29) is 17.9 Å². The van der Waals surface area contributed by atoms with Crippen LogP contribution >= 0.6 is 0 Å². The molecule has 0 bridgehead atoms. The molecule has 2 rings (SSSR count). The van der Waals surface area contributed by atoms with Crippen LogP contribution in [-0.2, 0) is 9.59 Å². The minimum absolute atomic E-state index is 0.00945. The van der Waals surface area contributed by atoms with Gasteiger partial charge >= 0.3 is 0 Å². The number of nitrogens with zero attached hydrogens (tertiary/aromatic N) is 1. The van der Waals surface area contributed by atoms with Crippen molar-refractivity contribution in [3.05, 3.63) is 0 Å². The van der Waals surface area contributed by atoms with Gasteiger partial charge in [0, 0.05) is 18.9 Å². The summed E-state index contributed by atoms with van der Waals surface area (Å²) in [7, 11) is 0. The lowest BCUT2D eigenvalue weighted by atomic mass is 9.76. The van der Waals surface area contributed by atoms with Crippen LogP contribution in [0.25, 0.3) is 0 Å². The zero-order valence-electron chi connectivity index (χ0n) is 10.5. The van der Waals surface area contributed by atoms with Crippen LogP contribution in [0, 0.1) is 11.8 Å². The van der Waals surface area contributed by atoms with Crippen LogP contribution in [0.15, 0.2) is 0 Å². The van der Waals surface area contributed by atoms with Crippen molar-refractivity contribution in [1.82, 2.24) is 4.90 Å². The van der Waals surface area contributed by atoms with Crippen molar-refractivity contribution >= 4 is 11.8 Å². The Kier molecular flexibility index (Phi) is 3.82. The third kappa shape index (κ3) is 2.37. The molecule has 1 aliphatic heterocycles. The molecule has 1 heterocycles. The summed E-state index contributed by atoms with van der Waals surface area (Å²) >= 11 is 0. The Hall–Kier alpha value is -0.900. The predicted octanol–water partition coefficient (Wildman–Crippen LogP) is 1.29. The number of likely N-dealkylation sites (tertiary alicyclic amines) is 1. The van der Waals surface area contributed by atoms with Gasteiger partial charge in [0.05, 0.1) is 0 Å². The van der Waals surface area contributed by atoms with Crippen molar-refractivity contribution in [2.45, 2.75) is 51.5 Å². The van der Waals surface area contributed by atoms with Gasteiger partial charge in [-0.2, -0.15) is 0 Å². The highest BCUT2D eigenvalue weighted by atomic mass is 16.2. The molecule has 17 heavy (non-hydrogen) atoms. The minimum atomic E-state index is 0.00945. The predicted molar refractivity (Wildman–Crippen MR) is 65.1 cm³/mol. The third-order valence-electron chi connectivity index (χ3n) is 4.37. The summed E-state index contributed by atoms with van der Waals surface area (Å²) in [6.07, 6.45) is 5.11. The summed E-state index contributed by atoms with van der Waals surface area (Å²) < 4.78 is 0. The lowest BCUT2D eigenvalue weighted by molar-refractivity contribution is -0.143. The van der Waals surface area contributed by atoms with Crippen LogP contribution < -0.4 is 5.73 Å². The number of hydrogen-bond donors (Lipinski definition) is 1. The molecule has 4 nitrogen and oxygen atoms in total. The van der Waals surface area contributed by atoms with Crippen molar-refractivity contribution < 1.29 is 9.59 Å². The standard InChI is InChI=1S/C13H22N2O2/c1-2-9-3-4-10(8-14)11(7-9)15-12(16)5-6-13(15)17/h9-11H,2-8,14H2,1H3. The SMILES string of the molecule is CCC1CCC(CN)C(N2C(=O)CCC2=O)C1. The summed E-state index contributed by atoms with van der Waals surface area (Å²) in [5.41, 5.74) is 5.79. The Morgan fingerprint density at radius 2 is 1.88 bits per heavy atom. The monoisotopic (exact) mass is 238 g/mol. The molecule has 3 atom stereocenters. The van der Waals surface area contributed by atoms with Crippen molar-refractivity contribution in [3.8, 4) is 0 Å². The van der Waals surface area contributed by atoms with Crippen LogP contribution in [0.4, 0.5) is 0 Å². The normalized spacial score (nSPS) is 34.5. The van der Waals surface area contributed by atoms with Gasteiger partial charge in [-0.1, -0.05) is 13.3 Å². The summed E-state index contributed by atoms with van der Waals surface area (Å²) in [6.45, 7) is 2.76. The second-order valence-corrected chi connectivity index (χ2v) is 5.31. The zero-order valence-corrected chi connectivity index (χ0v) is 10.5. The fraction of sp³-hybridized carbons (Fsp3) is 0.846. The van der Waals surface area contributed by atoms with Crippen molar-refractivity contribution in [3.63, 3.8) is 0 Å². The summed E-state index contributed by atoms with van der Waals surface area (Å²) in [4.78, 5) is 25.1. The van der Waals surface area contributed by atoms with Crippen LogP contribution in [-0.4, -0.2) is 29.3 Å². The van der Waals surface area contributed by atoms with E-state index in [1.54, 1.807) is 0 Å². The van der Waals surface area contributed by atoms with E-state index >= 15 is 0 Å². The molecule has 0 spiro atoms. The van der Waals surface area contributed by atoms with Gasteiger partial charge in [-0.3, -0.25) is 14.5 Å². The first-order chi connectivity index (χ1) is 8.17. The molecule has 0 aromatic rings. The second-order valence-electron chi connectivity index (χ2n) is 5.31. The van der Waals surface area contributed by atoms with Crippen LogP contribution in [0.1, 0.15) is 45.4 Å². The van der Waals surface area contributed by atoms with E-state index in [0.717, 1.165) is 19.3 Å². The van der Waals surface area contributed by atoms with Crippen LogP contribution in [0.2, 0.25) is 0 Å². The molecule has 3 unspecified atom stereocenters. The maximum absolute atomic E-state index is 11.8. The average molecular weight is 238 g/mol.